The van der Waals surface area contributed by atoms with E-state index in [2.05, 4.69) is 0 Å². The zero-order chi connectivity index (χ0) is 13.0. The van der Waals surface area contributed by atoms with Gasteiger partial charge in [0.1, 0.15) is 11.5 Å². The van der Waals surface area contributed by atoms with Gasteiger partial charge in [0.25, 0.3) is 0 Å². The number of Topliss-reactive ketones (excluding diaryl/α,β-unsaturated/α-hetero) is 1. The summed E-state index contributed by atoms with van der Waals surface area (Å²) < 4.78 is 5.15. The first-order chi connectivity index (χ1) is 8.61. The Morgan fingerprint density at radius 1 is 1.39 bits per heavy atom. The number of benzene rings is 1. The monoisotopic (exact) mass is 247 g/mol. The van der Waals surface area contributed by atoms with Crippen LogP contribution >= 0.6 is 0 Å². The van der Waals surface area contributed by atoms with Crippen molar-refractivity contribution in [2.75, 3.05) is 7.11 Å². The van der Waals surface area contributed by atoms with Gasteiger partial charge in [-0.3, -0.25) is 4.79 Å². The predicted octanol–water partition coefficient (Wildman–Crippen LogP) is 2.47. The van der Waals surface area contributed by atoms with Crippen LogP contribution in [0.15, 0.2) is 24.3 Å². The van der Waals surface area contributed by atoms with E-state index >= 15 is 0 Å². The molecule has 0 spiro atoms. The standard InChI is InChI=1S/C15H21NO2/c1-18-14-6-4-5-12(10-14)9-13(17)11-15(16)7-2-3-8-15/h4-6,10H,2-3,7-9,11,16H2,1H3. The van der Waals surface area contributed by atoms with Gasteiger partial charge in [0, 0.05) is 18.4 Å². The number of nitrogens with two attached hydrogens (primary N) is 1. The molecule has 3 nitrogen and oxygen atoms in total. The Bertz CT molecular complexity index is 422. The second-order valence-electron chi connectivity index (χ2n) is 5.31. The molecule has 1 aliphatic rings. The van der Waals surface area contributed by atoms with Gasteiger partial charge >= 0.3 is 0 Å². The molecule has 0 aliphatic heterocycles. The third-order valence-electron chi connectivity index (χ3n) is 3.68. The zero-order valence-corrected chi connectivity index (χ0v) is 10.9. The van der Waals surface area contributed by atoms with Crippen LogP contribution in [-0.4, -0.2) is 18.4 Å². The maximum absolute atomic E-state index is 12.1. The van der Waals surface area contributed by atoms with E-state index in [1.807, 2.05) is 24.3 Å². The molecule has 0 amide bonds. The van der Waals surface area contributed by atoms with Gasteiger partial charge in [-0.05, 0) is 30.5 Å². The quantitative estimate of drug-likeness (QED) is 0.869. The van der Waals surface area contributed by atoms with Crippen molar-refractivity contribution in [2.45, 2.75) is 44.1 Å². The number of hydrogen-bond donors (Lipinski definition) is 1. The normalized spacial score (nSPS) is 17.7. The van der Waals surface area contributed by atoms with Gasteiger partial charge in [-0.15, -0.1) is 0 Å². The molecule has 3 heteroatoms. The summed E-state index contributed by atoms with van der Waals surface area (Å²) in [6, 6.07) is 7.67. The van der Waals surface area contributed by atoms with Gasteiger partial charge in [0.15, 0.2) is 0 Å². The van der Waals surface area contributed by atoms with Crippen molar-refractivity contribution in [3.8, 4) is 5.75 Å². The summed E-state index contributed by atoms with van der Waals surface area (Å²) in [6.45, 7) is 0. The third-order valence-corrected chi connectivity index (χ3v) is 3.68. The van der Waals surface area contributed by atoms with Crippen LogP contribution < -0.4 is 10.5 Å². The first kappa shape index (κ1) is 13.1. The van der Waals surface area contributed by atoms with E-state index in [0.717, 1.165) is 37.0 Å². The fourth-order valence-corrected chi connectivity index (χ4v) is 2.72. The molecule has 0 unspecified atom stereocenters. The molecule has 18 heavy (non-hydrogen) atoms. The molecule has 0 aromatic heterocycles. The lowest BCUT2D eigenvalue weighted by atomic mass is 9.90. The van der Waals surface area contributed by atoms with Gasteiger partial charge < -0.3 is 10.5 Å². The summed E-state index contributed by atoms with van der Waals surface area (Å²) in [5.41, 5.74) is 6.98. The van der Waals surface area contributed by atoms with Gasteiger partial charge in [0.2, 0.25) is 0 Å². The minimum absolute atomic E-state index is 0.229. The average molecular weight is 247 g/mol. The second-order valence-corrected chi connectivity index (χ2v) is 5.31. The van der Waals surface area contributed by atoms with E-state index in [0.29, 0.717) is 12.8 Å². The Balaban J connectivity index is 1.94. The van der Waals surface area contributed by atoms with Gasteiger partial charge in [-0.1, -0.05) is 25.0 Å². The van der Waals surface area contributed by atoms with Crippen LogP contribution in [0.25, 0.3) is 0 Å². The van der Waals surface area contributed by atoms with Crippen molar-refractivity contribution in [2.24, 2.45) is 5.73 Å². The highest BCUT2D eigenvalue weighted by molar-refractivity contribution is 5.82. The fourth-order valence-electron chi connectivity index (χ4n) is 2.72. The smallest absolute Gasteiger partial charge is 0.139 e. The van der Waals surface area contributed by atoms with Crippen molar-refractivity contribution in [3.05, 3.63) is 29.8 Å². The highest BCUT2D eigenvalue weighted by atomic mass is 16.5. The lowest BCUT2D eigenvalue weighted by molar-refractivity contribution is -0.119. The van der Waals surface area contributed by atoms with Crippen LogP contribution in [0.2, 0.25) is 0 Å². The first-order valence-corrected chi connectivity index (χ1v) is 6.55. The summed E-state index contributed by atoms with van der Waals surface area (Å²) in [4.78, 5) is 12.1. The molecule has 0 radical (unpaired) electrons. The molecular weight excluding hydrogens is 226 g/mol. The molecule has 2 rings (SSSR count). The largest absolute Gasteiger partial charge is 0.497 e. The Kier molecular flexibility index (Phi) is 4.02. The summed E-state index contributed by atoms with van der Waals surface area (Å²) in [5, 5.41) is 0. The minimum Gasteiger partial charge on any atom is -0.497 e. The number of methoxy groups -OCH3 is 1. The topological polar surface area (TPSA) is 52.3 Å². The molecular formula is C15H21NO2. The Labute approximate surface area is 108 Å². The van der Waals surface area contributed by atoms with Crippen molar-refractivity contribution in [1.29, 1.82) is 0 Å². The van der Waals surface area contributed by atoms with Crippen molar-refractivity contribution >= 4 is 5.78 Å². The van der Waals surface area contributed by atoms with E-state index < -0.39 is 0 Å². The Morgan fingerprint density at radius 3 is 2.78 bits per heavy atom. The van der Waals surface area contributed by atoms with Crippen LogP contribution in [-0.2, 0) is 11.2 Å². The highest BCUT2D eigenvalue weighted by Crippen LogP contribution is 2.30. The Morgan fingerprint density at radius 2 is 2.11 bits per heavy atom. The summed E-state index contributed by atoms with van der Waals surface area (Å²) in [7, 11) is 1.63. The lowest BCUT2D eigenvalue weighted by Crippen LogP contribution is -2.39. The van der Waals surface area contributed by atoms with Crippen LogP contribution in [0, 0.1) is 0 Å². The van der Waals surface area contributed by atoms with Crippen LogP contribution in [0.1, 0.15) is 37.7 Å². The van der Waals surface area contributed by atoms with E-state index in [1.165, 1.54) is 0 Å². The summed E-state index contributed by atoms with van der Waals surface area (Å²) in [6.07, 6.45) is 5.24. The molecule has 0 bridgehead atoms. The van der Waals surface area contributed by atoms with Gasteiger partial charge in [0.05, 0.1) is 7.11 Å². The summed E-state index contributed by atoms with van der Waals surface area (Å²) >= 11 is 0. The average Bonchev–Trinajstić information content (AvgIpc) is 2.75. The predicted molar refractivity (Wildman–Crippen MR) is 71.7 cm³/mol. The van der Waals surface area contributed by atoms with Crippen molar-refractivity contribution in [1.82, 2.24) is 0 Å². The lowest BCUT2D eigenvalue weighted by Gasteiger charge is -2.22. The van der Waals surface area contributed by atoms with Gasteiger partial charge in [-0.2, -0.15) is 0 Å². The van der Waals surface area contributed by atoms with Crippen LogP contribution in [0.5, 0.6) is 5.75 Å². The zero-order valence-electron chi connectivity index (χ0n) is 10.9. The molecule has 1 aromatic carbocycles. The van der Waals surface area contributed by atoms with Gasteiger partial charge in [-0.25, -0.2) is 0 Å². The number of hydrogen-bond acceptors (Lipinski definition) is 3. The molecule has 1 saturated carbocycles. The summed E-state index contributed by atoms with van der Waals surface area (Å²) in [5.74, 6) is 1.02. The van der Waals surface area contributed by atoms with E-state index in [4.69, 9.17) is 10.5 Å². The molecule has 2 N–H and O–H groups in total. The van der Waals surface area contributed by atoms with E-state index in [1.54, 1.807) is 7.11 Å². The number of ketones is 1. The number of rotatable bonds is 5. The third kappa shape index (κ3) is 3.33. The van der Waals surface area contributed by atoms with Crippen LogP contribution in [0.3, 0.4) is 0 Å². The maximum Gasteiger partial charge on any atom is 0.139 e. The second kappa shape index (κ2) is 5.53. The molecule has 1 fully saturated rings. The molecule has 1 aromatic rings. The Hall–Kier alpha value is -1.35. The van der Waals surface area contributed by atoms with Crippen molar-refractivity contribution in [3.63, 3.8) is 0 Å². The SMILES string of the molecule is COc1cccc(CC(=O)CC2(N)CCCC2)c1. The molecule has 0 saturated heterocycles. The molecule has 1 aliphatic carbocycles. The molecule has 0 atom stereocenters. The first-order valence-electron chi connectivity index (χ1n) is 6.55. The van der Waals surface area contributed by atoms with Crippen molar-refractivity contribution < 1.29 is 9.53 Å². The maximum atomic E-state index is 12.1. The number of carbonyl (C=O) groups is 1. The number of ether oxygens (including phenoxy) is 1. The fraction of sp³-hybridized carbons (Fsp3) is 0.533. The minimum atomic E-state index is -0.240. The highest BCUT2D eigenvalue weighted by Gasteiger charge is 2.31. The number of carbonyl (C=O) groups excluding carboxylic acids is 1. The van der Waals surface area contributed by atoms with E-state index in [-0.39, 0.29) is 11.3 Å². The van der Waals surface area contributed by atoms with E-state index in [9.17, 15) is 4.79 Å². The molecule has 98 valence electrons. The van der Waals surface area contributed by atoms with Crippen LogP contribution in [0.4, 0.5) is 0 Å². The molecule has 0 heterocycles.